The zero-order valence-electron chi connectivity index (χ0n) is 11.9. The predicted octanol–water partition coefficient (Wildman–Crippen LogP) is 3.63. The first-order valence-electron chi connectivity index (χ1n) is 6.42. The standard InChI is InChI=1S/C15H11Cl2FN2O3/c1-8-2-3-9(6-11(8)18)19-13(21)7-23-15(22)14-10(16)4-5-12(17)20-14/h2-6H,7H2,1H3,(H,19,21). The molecule has 1 aromatic heterocycles. The highest BCUT2D eigenvalue weighted by atomic mass is 35.5. The van der Waals surface area contributed by atoms with Crippen molar-refractivity contribution in [3.05, 3.63) is 57.6 Å². The molecule has 0 unspecified atom stereocenters. The number of hydrogen-bond donors (Lipinski definition) is 1. The molecule has 1 heterocycles. The molecule has 0 aliphatic carbocycles. The Balaban J connectivity index is 1.94. The largest absolute Gasteiger partial charge is 0.451 e. The summed E-state index contributed by atoms with van der Waals surface area (Å²) in [4.78, 5) is 27.2. The number of benzene rings is 1. The van der Waals surface area contributed by atoms with Crippen LogP contribution in [0.15, 0.2) is 30.3 Å². The molecule has 0 bridgehead atoms. The Morgan fingerprint density at radius 3 is 2.70 bits per heavy atom. The summed E-state index contributed by atoms with van der Waals surface area (Å²) < 4.78 is 18.2. The molecule has 23 heavy (non-hydrogen) atoms. The van der Waals surface area contributed by atoms with Crippen LogP contribution >= 0.6 is 23.2 Å². The van der Waals surface area contributed by atoms with Gasteiger partial charge >= 0.3 is 5.97 Å². The minimum Gasteiger partial charge on any atom is -0.451 e. The molecule has 5 nitrogen and oxygen atoms in total. The van der Waals surface area contributed by atoms with Crippen LogP contribution in [0.1, 0.15) is 16.1 Å². The Labute approximate surface area is 141 Å². The third-order valence-corrected chi connectivity index (χ3v) is 3.31. The summed E-state index contributed by atoms with van der Waals surface area (Å²) in [5, 5.41) is 2.53. The van der Waals surface area contributed by atoms with Crippen LogP contribution in [-0.4, -0.2) is 23.5 Å². The smallest absolute Gasteiger partial charge is 0.359 e. The first kappa shape index (κ1) is 17.2. The van der Waals surface area contributed by atoms with E-state index in [9.17, 15) is 14.0 Å². The van der Waals surface area contributed by atoms with Gasteiger partial charge in [0.05, 0.1) is 5.02 Å². The fraction of sp³-hybridized carbons (Fsp3) is 0.133. The molecule has 0 saturated heterocycles. The van der Waals surface area contributed by atoms with Gasteiger partial charge in [-0.15, -0.1) is 0 Å². The summed E-state index contributed by atoms with van der Waals surface area (Å²) in [5.41, 5.74) is 0.525. The molecule has 0 atom stereocenters. The maximum Gasteiger partial charge on any atom is 0.359 e. The summed E-state index contributed by atoms with van der Waals surface area (Å²) in [6.07, 6.45) is 0. The van der Waals surface area contributed by atoms with E-state index in [1.165, 1.54) is 30.3 Å². The van der Waals surface area contributed by atoms with E-state index < -0.39 is 24.3 Å². The van der Waals surface area contributed by atoms with E-state index >= 15 is 0 Å². The third kappa shape index (κ3) is 4.64. The number of nitrogens with zero attached hydrogens (tertiary/aromatic N) is 1. The zero-order chi connectivity index (χ0) is 17.0. The highest BCUT2D eigenvalue weighted by Gasteiger charge is 2.16. The van der Waals surface area contributed by atoms with Gasteiger partial charge in [-0.05, 0) is 36.8 Å². The third-order valence-electron chi connectivity index (χ3n) is 2.80. The van der Waals surface area contributed by atoms with Crippen LogP contribution in [0, 0.1) is 12.7 Å². The number of pyridine rings is 1. The maximum atomic E-state index is 13.4. The van der Waals surface area contributed by atoms with Crippen LogP contribution in [0.4, 0.5) is 10.1 Å². The SMILES string of the molecule is Cc1ccc(NC(=O)COC(=O)c2nc(Cl)ccc2Cl)cc1F. The molecule has 120 valence electrons. The van der Waals surface area contributed by atoms with Crippen molar-refractivity contribution in [2.24, 2.45) is 0 Å². The van der Waals surface area contributed by atoms with Gasteiger partial charge in [-0.3, -0.25) is 4.79 Å². The Bertz CT molecular complexity index is 768. The van der Waals surface area contributed by atoms with Gasteiger partial charge in [0.2, 0.25) is 0 Å². The second-order valence-electron chi connectivity index (χ2n) is 4.55. The molecule has 0 aliphatic heterocycles. The molecule has 8 heteroatoms. The first-order chi connectivity index (χ1) is 10.9. The number of aryl methyl sites for hydroxylation is 1. The lowest BCUT2D eigenvalue weighted by Crippen LogP contribution is -2.21. The lowest BCUT2D eigenvalue weighted by Gasteiger charge is -2.08. The van der Waals surface area contributed by atoms with Crippen molar-refractivity contribution in [2.45, 2.75) is 6.92 Å². The number of anilines is 1. The van der Waals surface area contributed by atoms with E-state index in [1.54, 1.807) is 6.92 Å². The van der Waals surface area contributed by atoms with Gasteiger partial charge in [-0.2, -0.15) is 0 Å². The van der Waals surface area contributed by atoms with Gasteiger partial charge in [0.15, 0.2) is 12.3 Å². The molecule has 1 amide bonds. The Kier molecular flexibility index (Phi) is 5.52. The van der Waals surface area contributed by atoms with Crippen molar-refractivity contribution in [1.29, 1.82) is 0 Å². The minimum absolute atomic E-state index is 0.0559. The Morgan fingerprint density at radius 2 is 2.00 bits per heavy atom. The van der Waals surface area contributed by atoms with Crippen LogP contribution in [0.25, 0.3) is 0 Å². The molecule has 2 rings (SSSR count). The average molecular weight is 357 g/mol. The van der Waals surface area contributed by atoms with E-state index in [4.69, 9.17) is 27.9 Å². The number of amides is 1. The van der Waals surface area contributed by atoms with Crippen LogP contribution in [0.3, 0.4) is 0 Å². The van der Waals surface area contributed by atoms with Crippen molar-refractivity contribution >= 4 is 40.8 Å². The van der Waals surface area contributed by atoms with Gasteiger partial charge in [0.1, 0.15) is 11.0 Å². The molecule has 0 aliphatic rings. The van der Waals surface area contributed by atoms with E-state index in [-0.39, 0.29) is 21.6 Å². The van der Waals surface area contributed by atoms with Gasteiger partial charge in [0.25, 0.3) is 5.91 Å². The number of nitrogens with one attached hydrogen (secondary N) is 1. The molecule has 2 aromatic rings. The molecular formula is C15H11Cl2FN2O3. The average Bonchev–Trinajstić information content (AvgIpc) is 2.51. The summed E-state index contributed by atoms with van der Waals surface area (Å²) in [7, 11) is 0. The van der Waals surface area contributed by atoms with Crippen molar-refractivity contribution in [1.82, 2.24) is 4.98 Å². The number of esters is 1. The lowest BCUT2D eigenvalue weighted by atomic mass is 10.2. The minimum atomic E-state index is -0.886. The zero-order valence-corrected chi connectivity index (χ0v) is 13.4. The second kappa shape index (κ2) is 7.39. The highest BCUT2D eigenvalue weighted by Crippen LogP contribution is 2.18. The van der Waals surface area contributed by atoms with Gasteiger partial charge in [-0.1, -0.05) is 29.3 Å². The summed E-state index contributed by atoms with van der Waals surface area (Å²) in [6, 6.07) is 7.03. The Morgan fingerprint density at radius 1 is 1.26 bits per heavy atom. The van der Waals surface area contributed by atoms with E-state index in [1.807, 2.05) is 0 Å². The number of halogens is 3. The number of carbonyl (C=O) groups is 2. The Hall–Kier alpha value is -2.18. The first-order valence-corrected chi connectivity index (χ1v) is 7.17. The maximum absolute atomic E-state index is 13.4. The lowest BCUT2D eigenvalue weighted by molar-refractivity contribution is -0.119. The molecule has 1 aromatic carbocycles. The van der Waals surface area contributed by atoms with Crippen LogP contribution in [-0.2, 0) is 9.53 Å². The number of rotatable bonds is 4. The van der Waals surface area contributed by atoms with Crippen molar-refractivity contribution in [3.63, 3.8) is 0 Å². The summed E-state index contributed by atoms with van der Waals surface area (Å²) in [6.45, 7) is 1.03. The second-order valence-corrected chi connectivity index (χ2v) is 5.35. The molecule has 0 saturated carbocycles. The molecule has 0 radical (unpaired) electrons. The molecular weight excluding hydrogens is 346 g/mol. The number of aromatic nitrogens is 1. The van der Waals surface area contributed by atoms with Crippen LogP contribution in [0.2, 0.25) is 10.2 Å². The predicted molar refractivity (Wildman–Crippen MR) is 84.3 cm³/mol. The van der Waals surface area contributed by atoms with Crippen molar-refractivity contribution < 1.29 is 18.7 Å². The highest BCUT2D eigenvalue weighted by molar-refractivity contribution is 6.34. The molecule has 0 spiro atoms. The molecule has 0 fully saturated rings. The number of hydrogen-bond acceptors (Lipinski definition) is 4. The normalized spacial score (nSPS) is 10.3. The van der Waals surface area contributed by atoms with Crippen molar-refractivity contribution in [2.75, 3.05) is 11.9 Å². The monoisotopic (exact) mass is 356 g/mol. The fourth-order valence-corrected chi connectivity index (χ4v) is 1.96. The van der Waals surface area contributed by atoms with Gasteiger partial charge in [0, 0.05) is 5.69 Å². The van der Waals surface area contributed by atoms with Crippen LogP contribution in [0.5, 0.6) is 0 Å². The van der Waals surface area contributed by atoms with Crippen molar-refractivity contribution in [3.8, 4) is 0 Å². The van der Waals surface area contributed by atoms with E-state index in [2.05, 4.69) is 10.3 Å². The van der Waals surface area contributed by atoms with Gasteiger partial charge in [-0.25, -0.2) is 14.2 Å². The number of carbonyl (C=O) groups excluding carboxylic acids is 2. The molecule has 1 N–H and O–H groups in total. The van der Waals surface area contributed by atoms with E-state index in [0.29, 0.717) is 5.56 Å². The summed E-state index contributed by atoms with van der Waals surface area (Å²) in [5.74, 6) is -1.96. The topological polar surface area (TPSA) is 68.3 Å². The van der Waals surface area contributed by atoms with Gasteiger partial charge < -0.3 is 10.1 Å². The van der Waals surface area contributed by atoms with Crippen LogP contribution < -0.4 is 5.32 Å². The number of ether oxygens (including phenoxy) is 1. The van der Waals surface area contributed by atoms with E-state index in [0.717, 1.165) is 0 Å². The summed E-state index contributed by atoms with van der Waals surface area (Å²) >= 11 is 11.5. The fourth-order valence-electron chi connectivity index (χ4n) is 1.63. The quantitative estimate of drug-likeness (QED) is 0.670.